The van der Waals surface area contributed by atoms with Crippen molar-refractivity contribution in [3.05, 3.63) is 45.4 Å². The lowest BCUT2D eigenvalue weighted by Crippen LogP contribution is -2.08. The molecule has 0 aromatic carbocycles. The summed E-state index contributed by atoms with van der Waals surface area (Å²) < 4.78 is 7.28. The van der Waals surface area contributed by atoms with E-state index in [9.17, 15) is 10.1 Å². The van der Waals surface area contributed by atoms with Gasteiger partial charge in [-0.3, -0.25) is 4.79 Å². The Morgan fingerprint density at radius 2 is 1.96 bits per heavy atom. The smallest absolute Gasteiger partial charge is 0.174 e. The highest BCUT2D eigenvalue weighted by atomic mass is 32.2. The predicted molar refractivity (Wildman–Crippen MR) is 109 cm³/mol. The molecule has 0 saturated carbocycles. The van der Waals surface area contributed by atoms with Gasteiger partial charge < -0.3 is 9.30 Å². The number of ether oxygens (including phenoxy) is 1. The molecule has 0 atom stereocenters. The summed E-state index contributed by atoms with van der Waals surface area (Å²) in [7, 11) is 1.69. The van der Waals surface area contributed by atoms with Crippen LogP contribution in [0, 0.1) is 45.9 Å². The van der Waals surface area contributed by atoms with Crippen LogP contribution in [0.1, 0.15) is 50.6 Å². The molecule has 0 bridgehead atoms. The highest BCUT2D eigenvalue weighted by Crippen LogP contribution is 2.27. The predicted octanol–water partition coefficient (Wildman–Crippen LogP) is 4.31. The van der Waals surface area contributed by atoms with Gasteiger partial charge in [0.2, 0.25) is 0 Å². The Hall–Kier alpha value is -2.10. The van der Waals surface area contributed by atoms with Crippen molar-refractivity contribution in [1.29, 1.82) is 5.26 Å². The second kappa shape index (κ2) is 9.20. The molecule has 0 aliphatic heterocycles. The molecular weight excluding hydrogens is 358 g/mol. The lowest BCUT2D eigenvalue weighted by Gasteiger charge is -2.11. The molecular formula is C21H27N3O2S. The minimum absolute atomic E-state index is 0.0627. The van der Waals surface area contributed by atoms with Crippen LogP contribution in [0.15, 0.2) is 11.1 Å². The lowest BCUT2D eigenvalue weighted by molar-refractivity contribution is 0.102. The second-order valence-corrected chi connectivity index (χ2v) is 7.70. The van der Waals surface area contributed by atoms with Crippen molar-refractivity contribution in [2.75, 3.05) is 19.5 Å². The summed E-state index contributed by atoms with van der Waals surface area (Å²) in [5.74, 6) is 0.332. The van der Waals surface area contributed by atoms with E-state index in [-0.39, 0.29) is 11.5 Å². The van der Waals surface area contributed by atoms with Crippen molar-refractivity contribution in [2.24, 2.45) is 0 Å². The van der Waals surface area contributed by atoms with Crippen molar-refractivity contribution >= 4 is 17.5 Å². The molecule has 0 radical (unpaired) electrons. The fraction of sp³-hybridized carbons (Fsp3) is 0.476. The molecule has 2 heterocycles. The number of hydrogen-bond donors (Lipinski definition) is 0. The molecule has 2 aromatic heterocycles. The molecule has 0 amide bonds. The average Bonchev–Trinajstić information content (AvgIpc) is 2.92. The highest BCUT2D eigenvalue weighted by molar-refractivity contribution is 8.00. The number of aromatic nitrogens is 2. The molecule has 0 aliphatic rings. The quantitative estimate of drug-likeness (QED) is 0.385. The second-order valence-electron chi connectivity index (χ2n) is 6.73. The van der Waals surface area contributed by atoms with Gasteiger partial charge in [0.05, 0.1) is 11.3 Å². The Balaban J connectivity index is 2.18. The number of aryl methyl sites for hydroxylation is 2. The molecule has 0 N–H and O–H groups in total. The zero-order valence-corrected chi connectivity index (χ0v) is 17.8. The van der Waals surface area contributed by atoms with Crippen LogP contribution in [-0.4, -0.2) is 34.8 Å². The summed E-state index contributed by atoms with van der Waals surface area (Å²) in [5, 5.41) is 10.1. The standard InChI is InChI=1S/C21H27N3O2S/c1-13-10-18(17(5)24(13)8-7-9-26-6)20(25)12-27-21-19(11-22)15(3)14(2)16(4)23-21/h10H,7-9,12H2,1-6H3. The Kier molecular flexibility index (Phi) is 7.23. The van der Waals surface area contributed by atoms with Crippen molar-refractivity contribution < 1.29 is 9.53 Å². The number of rotatable bonds is 8. The van der Waals surface area contributed by atoms with Crippen LogP contribution in [0.4, 0.5) is 0 Å². The molecule has 0 fully saturated rings. The van der Waals surface area contributed by atoms with Gasteiger partial charge in [-0.25, -0.2) is 4.98 Å². The maximum atomic E-state index is 12.8. The fourth-order valence-corrected chi connectivity index (χ4v) is 4.12. The minimum Gasteiger partial charge on any atom is -0.385 e. The molecule has 0 unspecified atom stereocenters. The van der Waals surface area contributed by atoms with Crippen molar-refractivity contribution in [2.45, 2.75) is 52.6 Å². The number of hydrogen-bond acceptors (Lipinski definition) is 5. The van der Waals surface area contributed by atoms with Crippen LogP contribution >= 0.6 is 11.8 Å². The summed E-state index contributed by atoms with van der Waals surface area (Å²) in [4.78, 5) is 17.3. The molecule has 0 spiro atoms. The van der Waals surface area contributed by atoms with Gasteiger partial charge in [0.1, 0.15) is 11.1 Å². The minimum atomic E-state index is 0.0627. The Labute approximate surface area is 165 Å². The van der Waals surface area contributed by atoms with Crippen LogP contribution < -0.4 is 0 Å². The first kappa shape index (κ1) is 21.2. The van der Waals surface area contributed by atoms with E-state index in [0.717, 1.165) is 46.7 Å². The molecule has 0 aliphatic carbocycles. The van der Waals surface area contributed by atoms with Gasteiger partial charge >= 0.3 is 0 Å². The summed E-state index contributed by atoms with van der Waals surface area (Å²) in [6, 6.07) is 4.19. The third-order valence-corrected chi connectivity index (χ3v) is 5.99. The maximum absolute atomic E-state index is 12.8. The number of pyridine rings is 1. The van der Waals surface area contributed by atoms with E-state index in [4.69, 9.17) is 4.74 Å². The highest BCUT2D eigenvalue weighted by Gasteiger charge is 2.18. The van der Waals surface area contributed by atoms with Crippen LogP contribution in [0.25, 0.3) is 0 Å². The van der Waals surface area contributed by atoms with Gasteiger partial charge in [0.25, 0.3) is 0 Å². The number of ketones is 1. The van der Waals surface area contributed by atoms with E-state index in [1.54, 1.807) is 7.11 Å². The first-order chi connectivity index (χ1) is 12.8. The van der Waals surface area contributed by atoms with Crippen molar-refractivity contribution in [3.63, 3.8) is 0 Å². The van der Waals surface area contributed by atoms with Gasteiger partial charge in [-0.2, -0.15) is 5.26 Å². The van der Waals surface area contributed by atoms with E-state index in [1.807, 2.05) is 40.7 Å². The third kappa shape index (κ3) is 4.60. The van der Waals surface area contributed by atoms with Gasteiger partial charge in [0, 0.05) is 42.9 Å². The Morgan fingerprint density at radius 3 is 2.59 bits per heavy atom. The lowest BCUT2D eigenvalue weighted by atomic mass is 10.1. The van der Waals surface area contributed by atoms with Gasteiger partial charge in [-0.1, -0.05) is 11.8 Å². The number of carbonyl (C=O) groups excluding carboxylic acids is 1. The van der Waals surface area contributed by atoms with Crippen LogP contribution in [0.2, 0.25) is 0 Å². The van der Waals surface area contributed by atoms with Gasteiger partial charge in [0.15, 0.2) is 5.78 Å². The first-order valence-electron chi connectivity index (χ1n) is 9.01. The van der Waals surface area contributed by atoms with Crippen LogP contribution in [-0.2, 0) is 11.3 Å². The van der Waals surface area contributed by atoms with E-state index < -0.39 is 0 Å². The summed E-state index contributed by atoms with van der Waals surface area (Å²) in [6.45, 7) is 11.4. The van der Waals surface area contributed by atoms with Gasteiger partial charge in [-0.05, 0) is 58.2 Å². The van der Waals surface area contributed by atoms with Crippen LogP contribution in [0.5, 0.6) is 0 Å². The number of methoxy groups -OCH3 is 1. The number of nitriles is 1. The number of Topliss-reactive ketones (excluding diaryl/α,β-unsaturated/α-hetero) is 1. The molecule has 2 rings (SSSR count). The SMILES string of the molecule is COCCCn1c(C)cc(C(=O)CSc2nc(C)c(C)c(C)c2C#N)c1C. The topological polar surface area (TPSA) is 67.9 Å². The molecule has 6 heteroatoms. The largest absolute Gasteiger partial charge is 0.385 e. The van der Waals surface area contributed by atoms with E-state index in [0.29, 0.717) is 17.2 Å². The number of carbonyl (C=O) groups is 1. The van der Waals surface area contributed by atoms with E-state index >= 15 is 0 Å². The zero-order valence-electron chi connectivity index (χ0n) is 17.0. The van der Waals surface area contributed by atoms with E-state index in [2.05, 4.69) is 15.6 Å². The maximum Gasteiger partial charge on any atom is 0.174 e. The Morgan fingerprint density at radius 1 is 1.26 bits per heavy atom. The molecule has 5 nitrogen and oxygen atoms in total. The number of thioether (sulfide) groups is 1. The monoisotopic (exact) mass is 385 g/mol. The molecule has 144 valence electrons. The normalized spacial score (nSPS) is 10.9. The fourth-order valence-electron chi connectivity index (χ4n) is 3.15. The summed E-state index contributed by atoms with van der Waals surface area (Å²) in [5.41, 5.74) is 6.25. The zero-order chi connectivity index (χ0) is 20.1. The van der Waals surface area contributed by atoms with Gasteiger partial charge in [-0.15, -0.1) is 0 Å². The Bertz CT molecular complexity index is 894. The summed E-state index contributed by atoms with van der Waals surface area (Å²) >= 11 is 1.34. The van der Waals surface area contributed by atoms with E-state index in [1.165, 1.54) is 11.8 Å². The molecule has 0 saturated heterocycles. The molecule has 27 heavy (non-hydrogen) atoms. The molecule has 2 aromatic rings. The van der Waals surface area contributed by atoms with Crippen molar-refractivity contribution in [3.8, 4) is 6.07 Å². The average molecular weight is 386 g/mol. The van der Waals surface area contributed by atoms with Crippen molar-refractivity contribution in [1.82, 2.24) is 9.55 Å². The first-order valence-corrected chi connectivity index (χ1v) is 9.99. The summed E-state index contributed by atoms with van der Waals surface area (Å²) in [6.07, 6.45) is 0.909. The number of nitrogens with zero attached hydrogens (tertiary/aromatic N) is 3. The van der Waals surface area contributed by atoms with Crippen LogP contribution in [0.3, 0.4) is 0 Å². The third-order valence-electron chi connectivity index (χ3n) is 5.02.